The van der Waals surface area contributed by atoms with Crippen molar-refractivity contribution in [3.8, 4) is 11.4 Å². The molecule has 0 saturated heterocycles. The minimum atomic E-state index is -0.392. The normalized spacial score (nSPS) is 15.5. The summed E-state index contributed by atoms with van der Waals surface area (Å²) in [5, 5.41) is 0. The summed E-state index contributed by atoms with van der Waals surface area (Å²) in [6.45, 7) is 0. The van der Waals surface area contributed by atoms with Crippen molar-refractivity contribution < 1.29 is 4.79 Å². The maximum atomic E-state index is 12.9. The molecule has 4 rings (SSSR count). The summed E-state index contributed by atoms with van der Waals surface area (Å²) in [7, 11) is 1.77. The first-order chi connectivity index (χ1) is 12.6. The topological polar surface area (TPSA) is 66.1 Å². The van der Waals surface area contributed by atoms with Gasteiger partial charge in [-0.05, 0) is 48.2 Å². The molecule has 1 aromatic carbocycles. The smallest absolute Gasteiger partial charge is 0.261 e. The van der Waals surface area contributed by atoms with Crippen LogP contribution in [0.4, 0.5) is 0 Å². The molecule has 2 aromatic heterocycles. The second-order valence-corrected chi connectivity index (χ2v) is 6.50. The first-order valence-corrected chi connectivity index (χ1v) is 8.65. The Balaban J connectivity index is 1.62. The molecule has 0 radical (unpaired) electrons. The van der Waals surface area contributed by atoms with Gasteiger partial charge in [0.25, 0.3) is 11.5 Å². The molecule has 1 unspecified atom stereocenters. The van der Waals surface area contributed by atoms with Crippen LogP contribution in [0.2, 0.25) is 0 Å². The lowest BCUT2D eigenvalue weighted by molar-refractivity contribution is 0.0729. The number of aromatic nitrogens is 2. The number of hydrogen-bond donors (Lipinski definition) is 1. The second-order valence-electron chi connectivity index (χ2n) is 6.50. The zero-order valence-electron chi connectivity index (χ0n) is 14.5. The molecule has 1 aliphatic carbocycles. The summed E-state index contributed by atoms with van der Waals surface area (Å²) >= 11 is 0. The van der Waals surface area contributed by atoms with Gasteiger partial charge in [-0.25, -0.2) is 0 Å². The number of benzene rings is 1. The fourth-order valence-corrected chi connectivity index (χ4v) is 3.58. The van der Waals surface area contributed by atoms with Crippen LogP contribution in [0, 0.1) is 0 Å². The highest BCUT2D eigenvalue weighted by atomic mass is 16.2. The Bertz CT molecular complexity index is 1010. The van der Waals surface area contributed by atoms with Gasteiger partial charge < -0.3 is 9.88 Å². The van der Waals surface area contributed by atoms with Crippen molar-refractivity contribution in [3.63, 3.8) is 0 Å². The molecular formula is C21H19N3O2. The number of fused-ring (bicyclic) bond motifs is 1. The lowest BCUT2D eigenvalue weighted by Gasteiger charge is -2.25. The first-order valence-electron chi connectivity index (χ1n) is 8.65. The predicted molar refractivity (Wildman–Crippen MR) is 99.9 cm³/mol. The van der Waals surface area contributed by atoms with Gasteiger partial charge in [0.2, 0.25) is 0 Å². The molecule has 1 amide bonds. The third-order valence-corrected chi connectivity index (χ3v) is 4.97. The predicted octanol–water partition coefficient (Wildman–Crippen LogP) is 3.20. The van der Waals surface area contributed by atoms with E-state index < -0.39 is 5.56 Å². The molecule has 1 atom stereocenters. The number of aryl methyl sites for hydroxylation is 1. The van der Waals surface area contributed by atoms with E-state index in [2.05, 4.69) is 22.1 Å². The monoisotopic (exact) mass is 345 g/mol. The maximum absolute atomic E-state index is 12.9. The first kappa shape index (κ1) is 16.3. The van der Waals surface area contributed by atoms with E-state index in [1.807, 2.05) is 30.3 Å². The van der Waals surface area contributed by atoms with Crippen LogP contribution in [0.15, 0.2) is 65.6 Å². The van der Waals surface area contributed by atoms with Crippen molar-refractivity contribution in [1.29, 1.82) is 0 Å². The van der Waals surface area contributed by atoms with Gasteiger partial charge in [-0.15, -0.1) is 0 Å². The number of carbonyl (C=O) groups excluding carboxylic acids is 1. The Kier molecular flexibility index (Phi) is 4.13. The molecule has 26 heavy (non-hydrogen) atoms. The summed E-state index contributed by atoms with van der Waals surface area (Å²) < 4.78 is 0. The number of rotatable bonds is 3. The molecule has 130 valence electrons. The van der Waals surface area contributed by atoms with Crippen molar-refractivity contribution in [3.05, 3.63) is 87.8 Å². The quantitative estimate of drug-likeness (QED) is 0.793. The zero-order chi connectivity index (χ0) is 18.1. The summed E-state index contributed by atoms with van der Waals surface area (Å²) in [5.74, 6) is -0.263. The molecule has 0 saturated carbocycles. The van der Waals surface area contributed by atoms with Crippen LogP contribution in [0.3, 0.4) is 0 Å². The Morgan fingerprint density at radius 3 is 2.69 bits per heavy atom. The molecule has 0 aliphatic heterocycles. The van der Waals surface area contributed by atoms with Crippen LogP contribution in [0.25, 0.3) is 11.4 Å². The lowest BCUT2D eigenvalue weighted by Crippen LogP contribution is -2.34. The standard InChI is InChI=1S/C21H19N3O2/c1-24(19-12-9-14-6-2-3-7-15(14)19)21(26)16-10-11-18(23-20(16)25)17-8-4-5-13-22-17/h2-8,10-11,13,19H,9,12H2,1H3,(H,23,25). The van der Waals surface area contributed by atoms with Crippen molar-refractivity contribution in [2.45, 2.75) is 18.9 Å². The summed E-state index contributed by atoms with van der Waals surface area (Å²) in [6, 6.07) is 17.0. The molecule has 1 aliphatic rings. The van der Waals surface area contributed by atoms with E-state index in [1.54, 1.807) is 30.3 Å². The van der Waals surface area contributed by atoms with E-state index in [9.17, 15) is 9.59 Å². The summed E-state index contributed by atoms with van der Waals surface area (Å²) in [6.07, 6.45) is 3.50. The van der Waals surface area contributed by atoms with E-state index in [0.29, 0.717) is 11.4 Å². The van der Waals surface area contributed by atoms with Gasteiger partial charge >= 0.3 is 0 Å². The van der Waals surface area contributed by atoms with Crippen LogP contribution in [0.1, 0.15) is 33.9 Å². The highest BCUT2D eigenvalue weighted by molar-refractivity contribution is 5.94. The Morgan fingerprint density at radius 1 is 1.12 bits per heavy atom. The zero-order valence-corrected chi connectivity index (χ0v) is 14.5. The molecule has 0 spiro atoms. The van der Waals surface area contributed by atoms with Crippen LogP contribution < -0.4 is 5.56 Å². The van der Waals surface area contributed by atoms with Crippen LogP contribution in [-0.2, 0) is 6.42 Å². The third kappa shape index (κ3) is 2.81. The molecule has 5 heteroatoms. The number of pyridine rings is 2. The second kappa shape index (κ2) is 6.59. The van der Waals surface area contributed by atoms with Gasteiger partial charge in [-0.2, -0.15) is 0 Å². The van der Waals surface area contributed by atoms with E-state index in [0.717, 1.165) is 12.8 Å². The average Bonchev–Trinajstić information content (AvgIpc) is 3.11. The van der Waals surface area contributed by atoms with Crippen molar-refractivity contribution in [2.75, 3.05) is 7.05 Å². The van der Waals surface area contributed by atoms with Gasteiger partial charge in [0.1, 0.15) is 5.56 Å². The minimum absolute atomic E-state index is 0.00793. The fraction of sp³-hybridized carbons (Fsp3) is 0.190. The lowest BCUT2D eigenvalue weighted by atomic mass is 10.1. The molecular weight excluding hydrogens is 326 g/mol. The van der Waals surface area contributed by atoms with Gasteiger partial charge in [0.15, 0.2) is 0 Å². The SMILES string of the molecule is CN(C(=O)c1ccc(-c2ccccn2)[nH]c1=O)C1CCc2ccccc21. The molecule has 0 fully saturated rings. The van der Waals surface area contributed by atoms with Gasteiger partial charge in [-0.1, -0.05) is 30.3 Å². The number of amides is 1. The van der Waals surface area contributed by atoms with Gasteiger partial charge in [-0.3, -0.25) is 14.6 Å². The fourth-order valence-electron chi connectivity index (χ4n) is 3.58. The van der Waals surface area contributed by atoms with E-state index in [4.69, 9.17) is 0 Å². The number of hydrogen-bond acceptors (Lipinski definition) is 3. The van der Waals surface area contributed by atoms with Crippen LogP contribution in [-0.4, -0.2) is 27.8 Å². The molecule has 0 bridgehead atoms. The van der Waals surface area contributed by atoms with Crippen molar-refractivity contribution in [2.24, 2.45) is 0 Å². The van der Waals surface area contributed by atoms with E-state index in [-0.39, 0.29) is 17.5 Å². The molecule has 1 N–H and O–H groups in total. The van der Waals surface area contributed by atoms with E-state index >= 15 is 0 Å². The third-order valence-electron chi connectivity index (χ3n) is 4.97. The van der Waals surface area contributed by atoms with Crippen LogP contribution >= 0.6 is 0 Å². The number of carbonyl (C=O) groups is 1. The van der Waals surface area contributed by atoms with Gasteiger partial charge in [0.05, 0.1) is 17.4 Å². The number of H-pyrrole nitrogens is 1. The molecule has 5 nitrogen and oxygen atoms in total. The maximum Gasteiger partial charge on any atom is 0.261 e. The minimum Gasteiger partial charge on any atom is -0.334 e. The molecule has 3 aromatic rings. The molecule has 2 heterocycles. The van der Waals surface area contributed by atoms with Crippen molar-refractivity contribution in [1.82, 2.24) is 14.9 Å². The van der Waals surface area contributed by atoms with Gasteiger partial charge in [0, 0.05) is 13.2 Å². The Hall–Kier alpha value is -3.21. The van der Waals surface area contributed by atoms with Crippen molar-refractivity contribution >= 4 is 5.91 Å². The Labute approximate surface area is 151 Å². The average molecular weight is 345 g/mol. The highest BCUT2D eigenvalue weighted by Gasteiger charge is 2.29. The summed E-state index contributed by atoms with van der Waals surface area (Å²) in [5.41, 5.74) is 3.47. The number of nitrogens with one attached hydrogen (secondary N) is 1. The Morgan fingerprint density at radius 2 is 1.92 bits per heavy atom. The number of aromatic amines is 1. The highest BCUT2D eigenvalue weighted by Crippen LogP contribution is 2.35. The van der Waals surface area contributed by atoms with E-state index in [1.165, 1.54) is 11.1 Å². The summed E-state index contributed by atoms with van der Waals surface area (Å²) in [4.78, 5) is 34.1. The number of nitrogens with zero attached hydrogens (tertiary/aromatic N) is 2. The largest absolute Gasteiger partial charge is 0.334 e. The van der Waals surface area contributed by atoms with Crippen LogP contribution in [0.5, 0.6) is 0 Å².